The minimum Gasteiger partial charge on any atom is -0.478 e. The maximum Gasteiger partial charge on any atom is 0.335 e. The molecule has 4 nitrogen and oxygen atoms in total. The van der Waals surface area contributed by atoms with Crippen LogP contribution in [-0.4, -0.2) is 23.5 Å². The van der Waals surface area contributed by atoms with Gasteiger partial charge in [-0.1, -0.05) is 6.08 Å². The Morgan fingerprint density at radius 1 is 1.47 bits per heavy atom. The summed E-state index contributed by atoms with van der Waals surface area (Å²) in [5.74, 6) is -0.888. The van der Waals surface area contributed by atoms with Gasteiger partial charge in [0.1, 0.15) is 0 Å². The third-order valence-corrected chi connectivity index (χ3v) is 2.84. The lowest BCUT2D eigenvalue weighted by atomic mass is 9.98. The zero-order valence-electron chi connectivity index (χ0n) is 9.35. The molecule has 0 radical (unpaired) electrons. The molecule has 2 rings (SSSR count). The van der Waals surface area contributed by atoms with Crippen molar-refractivity contribution in [2.24, 2.45) is 0 Å². The Hall–Kier alpha value is -2.10. The molecular weight excluding hydrogens is 218 g/mol. The van der Waals surface area contributed by atoms with E-state index in [-0.39, 0.29) is 11.5 Å². The van der Waals surface area contributed by atoms with Crippen LogP contribution in [0.25, 0.3) is 0 Å². The molecule has 1 N–H and O–H groups in total. The number of benzene rings is 1. The van der Waals surface area contributed by atoms with Crippen molar-refractivity contribution in [3.63, 3.8) is 0 Å². The summed E-state index contributed by atoms with van der Waals surface area (Å²) in [4.78, 5) is 24.2. The fourth-order valence-corrected chi connectivity index (χ4v) is 2.02. The first-order valence-electron chi connectivity index (χ1n) is 5.41. The molecule has 0 aromatic heterocycles. The molecule has 1 aliphatic heterocycles. The molecule has 0 saturated heterocycles. The van der Waals surface area contributed by atoms with Crippen LogP contribution >= 0.6 is 0 Å². The van der Waals surface area contributed by atoms with Crippen LogP contribution in [0.1, 0.15) is 22.3 Å². The van der Waals surface area contributed by atoms with Gasteiger partial charge in [-0.2, -0.15) is 0 Å². The number of carbonyl (C=O) groups excluding carboxylic acids is 1. The summed E-state index contributed by atoms with van der Waals surface area (Å²) in [6.45, 7) is 4.08. The van der Waals surface area contributed by atoms with E-state index in [0.29, 0.717) is 19.4 Å². The molecule has 1 heterocycles. The molecule has 1 aliphatic rings. The number of aryl methyl sites for hydroxylation is 1. The number of carboxylic acids is 1. The fourth-order valence-electron chi connectivity index (χ4n) is 2.02. The zero-order valence-corrected chi connectivity index (χ0v) is 9.35. The number of carbonyl (C=O) groups is 2. The lowest BCUT2D eigenvalue weighted by Crippen LogP contribution is -2.35. The van der Waals surface area contributed by atoms with Gasteiger partial charge in [-0.3, -0.25) is 4.79 Å². The van der Waals surface area contributed by atoms with Gasteiger partial charge < -0.3 is 10.0 Å². The second-order valence-electron chi connectivity index (χ2n) is 3.94. The molecule has 0 saturated carbocycles. The van der Waals surface area contributed by atoms with Crippen LogP contribution in [0.3, 0.4) is 0 Å². The summed E-state index contributed by atoms with van der Waals surface area (Å²) in [5, 5.41) is 8.91. The van der Waals surface area contributed by atoms with Crippen molar-refractivity contribution in [3.05, 3.63) is 42.0 Å². The van der Waals surface area contributed by atoms with Crippen molar-refractivity contribution in [1.29, 1.82) is 0 Å². The highest BCUT2D eigenvalue weighted by molar-refractivity contribution is 5.98. The van der Waals surface area contributed by atoms with E-state index in [9.17, 15) is 9.59 Å². The van der Waals surface area contributed by atoms with Crippen LogP contribution in [0.15, 0.2) is 30.9 Å². The Morgan fingerprint density at radius 2 is 2.24 bits per heavy atom. The lowest BCUT2D eigenvalue weighted by Gasteiger charge is -2.28. The Balaban J connectivity index is 2.43. The normalized spacial score (nSPS) is 14.4. The predicted molar refractivity (Wildman–Crippen MR) is 64.3 cm³/mol. The molecule has 0 unspecified atom stereocenters. The van der Waals surface area contributed by atoms with Gasteiger partial charge in [0, 0.05) is 18.7 Å². The van der Waals surface area contributed by atoms with Crippen molar-refractivity contribution in [1.82, 2.24) is 0 Å². The molecular formula is C13H13NO3. The van der Waals surface area contributed by atoms with Crippen LogP contribution in [0.4, 0.5) is 5.69 Å². The van der Waals surface area contributed by atoms with E-state index in [1.165, 1.54) is 6.07 Å². The molecule has 0 aliphatic carbocycles. The standard InChI is InChI=1S/C13H13NO3/c1-2-7-14-11-5-3-10(13(16)17)8-9(11)4-6-12(14)15/h2-3,5,8H,1,4,6-7H2,(H,16,17). The molecule has 88 valence electrons. The van der Waals surface area contributed by atoms with E-state index in [1.54, 1.807) is 23.1 Å². The summed E-state index contributed by atoms with van der Waals surface area (Å²) >= 11 is 0. The molecule has 1 amide bonds. The summed E-state index contributed by atoms with van der Waals surface area (Å²) in [7, 11) is 0. The number of nitrogens with zero attached hydrogens (tertiary/aromatic N) is 1. The predicted octanol–water partition coefficient (Wildman–Crippen LogP) is 1.85. The first-order chi connectivity index (χ1) is 8.13. The Kier molecular flexibility index (Phi) is 2.95. The van der Waals surface area contributed by atoms with Gasteiger partial charge in [0.15, 0.2) is 0 Å². The molecule has 4 heteroatoms. The van der Waals surface area contributed by atoms with Crippen LogP contribution < -0.4 is 4.90 Å². The fraction of sp³-hybridized carbons (Fsp3) is 0.231. The average molecular weight is 231 g/mol. The van der Waals surface area contributed by atoms with E-state index in [2.05, 4.69) is 6.58 Å². The van der Waals surface area contributed by atoms with E-state index >= 15 is 0 Å². The first kappa shape index (κ1) is 11.4. The maximum absolute atomic E-state index is 11.7. The summed E-state index contributed by atoms with van der Waals surface area (Å²) in [6.07, 6.45) is 2.69. The number of carboxylic acid groups (broad SMARTS) is 1. The van der Waals surface area contributed by atoms with Crippen molar-refractivity contribution in [2.45, 2.75) is 12.8 Å². The molecule has 17 heavy (non-hydrogen) atoms. The van der Waals surface area contributed by atoms with Gasteiger partial charge >= 0.3 is 5.97 Å². The van der Waals surface area contributed by atoms with Crippen LogP contribution in [-0.2, 0) is 11.2 Å². The van der Waals surface area contributed by atoms with E-state index in [4.69, 9.17) is 5.11 Å². The van der Waals surface area contributed by atoms with Crippen molar-refractivity contribution in [3.8, 4) is 0 Å². The molecule has 0 atom stereocenters. The molecule has 1 aromatic carbocycles. The number of rotatable bonds is 3. The number of fused-ring (bicyclic) bond motifs is 1. The average Bonchev–Trinajstić information content (AvgIpc) is 2.32. The SMILES string of the molecule is C=CCN1C(=O)CCc2cc(C(=O)O)ccc21. The van der Waals surface area contributed by atoms with Crippen LogP contribution in [0.5, 0.6) is 0 Å². The van der Waals surface area contributed by atoms with Crippen molar-refractivity contribution in [2.75, 3.05) is 11.4 Å². The monoisotopic (exact) mass is 231 g/mol. The number of aromatic carboxylic acids is 1. The van der Waals surface area contributed by atoms with Gasteiger partial charge in [-0.25, -0.2) is 4.79 Å². The maximum atomic E-state index is 11.7. The second kappa shape index (κ2) is 4.41. The highest BCUT2D eigenvalue weighted by Gasteiger charge is 2.23. The Bertz CT molecular complexity index is 493. The van der Waals surface area contributed by atoms with Gasteiger partial charge in [0.25, 0.3) is 0 Å². The van der Waals surface area contributed by atoms with E-state index in [1.807, 2.05) is 0 Å². The highest BCUT2D eigenvalue weighted by Crippen LogP contribution is 2.28. The Morgan fingerprint density at radius 3 is 2.88 bits per heavy atom. The van der Waals surface area contributed by atoms with Crippen LogP contribution in [0, 0.1) is 0 Å². The number of anilines is 1. The van der Waals surface area contributed by atoms with Crippen LogP contribution in [0.2, 0.25) is 0 Å². The van der Waals surface area contributed by atoms with Gasteiger partial charge in [0.05, 0.1) is 5.56 Å². The quantitative estimate of drug-likeness (QED) is 0.808. The second-order valence-corrected chi connectivity index (χ2v) is 3.94. The minimum absolute atomic E-state index is 0.0560. The highest BCUT2D eigenvalue weighted by atomic mass is 16.4. The molecule has 0 spiro atoms. The van der Waals surface area contributed by atoms with Gasteiger partial charge in [0.2, 0.25) is 5.91 Å². The topological polar surface area (TPSA) is 57.6 Å². The third kappa shape index (κ3) is 2.06. The summed E-state index contributed by atoms with van der Waals surface area (Å²) < 4.78 is 0. The first-order valence-corrected chi connectivity index (χ1v) is 5.41. The molecule has 0 bridgehead atoms. The Labute approximate surface area is 99.2 Å². The summed E-state index contributed by atoms with van der Waals surface area (Å²) in [6, 6.07) is 4.86. The zero-order chi connectivity index (χ0) is 12.4. The minimum atomic E-state index is -0.944. The summed E-state index contributed by atoms with van der Waals surface area (Å²) in [5.41, 5.74) is 1.97. The number of hydrogen-bond acceptors (Lipinski definition) is 2. The van der Waals surface area contributed by atoms with Crippen molar-refractivity contribution >= 4 is 17.6 Å². The molecule has 1 aromatic rings. The number of amides is 1. The smallest absolute Gasteiger partial charge is 0.335 e. The number of hydrogen-bond donors (Lipinski definition) is 1. The van der Waals surface area contributed by atoms with Crippen molar-refractivity contribution < 1.29 is 14.7 Å². The van der Waals surface area contributed by atoms with E-state index < -0.39 is 5.97 Å². The van der Waals surface area contributed by atoms with E-state index in [0.717, 1.165) is 11.3 Å². The third-order valence-electron chi connectivity index (χ3n) is 2.84. The lowest BCUT2D eigenvalue weighted by molar-refractivity contribution is -0.118. The largest absolute Gasteiger partial charge is 0.478 e. The molecule has 0 fully saturated rings. The van der Waals surface area contributed by atoms with Gasteiger partial charge in [-0.15, -0.1) is 6.58 Å². The van der Waals surface area contributed by atoms with Gasteiger partial charge in [-0.05, 0) is 30.2 Å².